The quantitative estimate of drug-likeness (QED) is 0.483. The van der Waals surface area contributed by atoms with Crippen molar-refractivity contribution in [1.82, 2.24) is 9.97 Å². The van der Waals surface area contributed by atoms with Crippen molar-refractivity contribution in [1.29, 1.82) is 5.26 Å². The predicted molar refractivity (Wildman–Crippen MR) is 105 cm³/mol. The van der Waals surface area contributed by atoms with Crippen LogP contribution in [0, 0.1) is 11.3 Å². The third-order valence-electron chi connectivity index (χ3n) is 4.02. The Balaban J connectivity index is 1.91. The molecule has 4 aromatic rings. The van der Waals surface area contributed by atoms with Crippen LogP contribution in [-0.4, -0.2) is 17.1 Å². The molecular formula is C21H15N3O2S. The lowest BCUT2D eigenvalue weighted by Gasteiger charge is -2.10. The summed E-state index contributed by atoms with van der Waals surface area (Å²) < 4.78 is 11.3. The van der Waals surface area contributed by atoms with Crippen LogP contribution >= 0.6 is 11.3 Å². The van der Waals surface area contributed by atoms with Crippen molar-refractivity contribution in [2.45, 2.75) is 6.61 Å². The zero-order valence-electron chi connectivity index (χ0n) is 14.5. The molecule has 0 saturated heterocycles. The van der Waals surface area contributed by atoms with E-state index in [0.717, 1.165) is 21.3 Å². The number of ether oxygens (including phenoxy) is 2. The van der Waals surface area contributed by atoms with Crippen LogP contribution in [0.25, 0.3) is 21.3 Å². The first kappa shape index (κ1) is 17.2. The molecule has 6 heteroatoms. The summed E-state index contributed by atoms with van der Waals surface area (Å²) in [4.78, 5) is 9.97. The van der Waals surface area contributed by atoms with Gasteiger partial charge >= 0.3 is 0 Å². The van der Waals surface area contributed by atoms with Crippen LogP contribution < -0.4 is 4.74 Å². The third-order valence-corrected chi connectivity index (χ3v) is 4.89. The SMILES string of the molecule is COCc1nc(Oc2ccccc2C#N)c2c(-c3ccccc3)csc2n1. The second-order valence-corrected chi connectivity index (χ2v) is 6.64. The fourth-order valence-corrected chi connectivity index (χ4v) is 3.76. The Hall–Kier alpha value is -3.27. The van der Waals surface area contributed by atoms with Crippen molar-refractivity contribution in [3.63, 3.8) is 0 Å². The lowest BCUT2D eigenvalue weighted by Crippen LogP contribution is -2.00. The van der Waals surface area contributed by atoms with Gasteiger partial charge in [0.2, 0.25) is 5.88 Å². The molecule has 0 saturated carbocycles. The van der Waals surface area contributed by atoms with Gasteiger partial charge in [0.05, 0.1) is 10.9 Å². The fourth-order valence-electron chi connectivity index (χ4n) is 2.80. The van der Waals surface area contributed by atoms with Gasteiger partial charge < -0.3 is 9.47 Å². The van der Waals surface area contributed by atoms with Crippen LogP contribution in [0.5, 0.6) is 11.6 Å². The number of methoxy groups -OCH3 is 1. The molecule has 0 aliphatic carbocycles. The number of rotatable bonds is 5. The Labute approximate surface area is 160 Å². The van der Waals surface area contributed by atoms with Gasteiger partial charge in [0.15, 0.2) is 5.82 Å². The number of benzene rings is 2. The van der Waals surface area contributed by atoms with Gasteiger partial charge in [-0.15, -0.1) is 11.3 Å². The highest BCUT2D eigenvalue weighted by Crippen LogP contribution is 2.39. The smallest absolute Gasteiger partial charge is 0.232 e. The van der Waals surface area contributed by atoms with Crippen molar-refractivity contribution in [3.05, 3.63) is 71.4 Å². The highest BCUT2D eigenvalue weighted by molar-refractivity contribution is 7.17. The number of para-hydroxylation sites is 1. The molecule has 0 spiro atoms. The second kappa shape index (κ2) is 7.54. The predicted octanol–water partition coefficient (Wildman–Crippen LogP) is 5.17. The maximum atomic E-state index is 9.36. The lowest BCUT2D eigenvalue weighted by molar-refractivity contribution is 0.177. The van der Waals surface area contributed by atoms with Crippen LogP contribution in [0.2, 0.25) is 0 Å². The maximum Gasteiger partial charge on any atom is 0.232 e. The van der Waals surface area contributed by atoms with E-state index in [-0.39, 0.29) is 6.61 Å². The van der Waals surface area contributed by atoms with Gasteiger partial charge in [-0.25, -0.2) is 4.98 Å². The summed E-state index contributed by atoms with van der Waals surface area (Å²) in [5, 5.41) is 12.2. The van der Waals surface area contributed by atoms with Crippen LogP contribution in [0.4, 0.5) is 0 Å². The highest BCUT2D eigenvalue weighted by Gasteiger charge is 2.18. The Morgan fingerprint density at radius 1 is 1.04 bits per heavy atom. The van der Waals surface area contributed by atoms with Gasteiger partial charge in [0.1, 0.15) is 23.3 Å². The van der Waals surface area contributed by atoms with E-state index in [0.29, 0.717) is 23.0 Å². The molecule has 0 N–H and O–H groups in total. The summed E-state index contributed by atoms with van der Waals surface area (Å²) >= 11 is 1.53. The number of nitrogens with zero attached hydrogens (tertiary/aromatic N) is 3. The summed E-state index contributed by atoms with van der Waals surface area (Å²) in [6, 6.07) is 19.3. The molecular weight excluding hydrogens is 358 g/mol. The molecule has 2 aromatic heterocycles. The van der Waals surface area contributed by atoms with E-state index in [2.05, 4.69) is 16.0 Å². The van der Waals surface area contributed by atoms with Crippen molar-refractivity contribution >= 4 is 21.6 Å². The Morgan fingerprint density at radius 2 is 1.81 bits per heavy atom. The number of hydrogen-bond acceptors (Lipinski definition) is 6. The minimum absolute atomic E-state index is 0.283. The van der Waals surface area contributed by atoms with E-state index in [1.165, 1.54) is 11.3 Å². The van der Waals surface area contributed by atoms with Crippen molar-refractivity contribution in [3.8, 4) is 28.8 Å². The molecule has 0 amide bonds. The second-order valence-electron chi connectivity index (χ2n) is 5.78. The zero-order chi connectivity index (χ0) is 18.6. The van der Waals surface area contributed by atoms with Crippen molar-refractivity contribution in [2.75, 3.05) is 7.11 Å². The topological polar surface area (TPSA) is 68.0 Å². The maximum absolute atomic E-state index is 9.36. The van der Waals surface area contributed by atoms with Crippen molar-refractivity contribution in [2.24, 2.45) is 0 Å². The summed E-state index contributed by atoms with van der Waals surface area (Å²) in [6.45, 7) is 0.283. The third kappa shape index (κ3) is 3.38. The Bertz CT molecular complexity index is 1130. The summed E-state index contributed by atoms with van der Waals surface area (Å²) in [5.74, 6) is 1.43. The van der Waals surface area contributed by atoms with Crippen LogP contribution in [0.15, 0.2) is 60.0 Å². The van der Waals surface area contributed by atoms with Gasteiger partial charge in [0, 0.05) is 18.1 Å². The average Bonchev–Trinajstić information content (AvgIpc) is 3.14. The molecule has 0 bridgehead atoms. The molecule has 0 atom stereocenters. The first-order valence-electron chi connectivity index (χ1n) is 8.29. The molecule has 0 fully saturated rings. The molecule has 5 nitrogen and oxygen atoms in total. The summed E-state index contributed by atoms with van der Waals surface area (Å²) in [5.41, 5.74) is 2.52. The van der Waals surface area contributed by atoms with E-state index in [9.17, 15) is 5.26 Å². The standard InChI is InChI=1S/C21H15N3O2S/c1-25-12-18-23-20(26-17-10-6-5-9-15(17)11-22)19-16(13-27-21(19)24-18)14-7-3-2-4-8-14/h2-10,13H,12H2,1H3. The average molecular weight is 373 g/mol. The lowest BCUT2D eigenvalue weighted by atomic mass is 10.1. The van der Waals surface area contributed by atoms with Crippen molar-refractivity contribution < 1.29 is 9.47 Å². The van der Waals surface area contributed by atoms with Crippen LogP contribution in [-0.2, 0) is 11.3 Å². The van der Waals surface area contributed by atoms with Gasteiger partial charge in [-0.3, -0.25) is 0 Å². The van der Waals surface area contributed by atoms with Gasteiger partial charge in [-0.1, -0.05) is 42.5 Å². The molecule has 0 radical (unpaired) electrons. The van der Waals surface area contributed by atoms with E-state index < -0.39 is 0 Å². The normalized spacial score (nSPS) is 10.7. The monoisotopic (exact) mass is 373 g/mol. The molecule has 2 aromatic carbocycles. The fraction of sp³-hybridized carbons (Fsp3) is 0.0952. The number of thiophene rings is 1. The number of nitriles is 1. The molecule has 2 heterocycles. The number of aromatic nitrogens is 2. The zero-order valence-corrected chi connectivity index (χ0v) is 15.4. The van der Waals surface area contributed by atoms with Gasteiger partial charge in [-0.05, 0) is 17.7 Å². The Kier molecular flexibility index (Phi) is 4.79. The largest absolute Gasteiger partial charge is 0.437 e. The van der Waals surface area contributed by atoms with Gasteiger partial charge in [-0.2, -0.15) is 10.2 Å². The van der Waals surface area contributed by atoms with E-state index >= 15 is 0 Å². The molecule has 0 unspecified atom stereocenters. The molecule has 27 heavy (non-hydrogen) atoms. The summed E-state index contributed by atoms with van der Waals surface area (Å²) in [7, 11) is 1.60. The van der Waals surface area contributed by atoms with Gasteiger partial charge in [0.25, 0.3) is 0 Å². The molecule has 4 rings (SSSR count). The first-order chi connectivity index (χ1) is 13.3. The number of fused-ring (bicyclic) bond motifs is 1. The first-order valence-corrected chi connectivity index (χ1v) is 9.17. The summed E-state index contributed by atoms with van der Waals surface area (Å²) in [6.07, 6.45) is 0. The number of hydrogen-bond donors (Lipinski definition) is 0. The highest BCUT2D eigenvalue weighted by atomic mass is 32.1. The molecule has 0 aliphatic rings. The van der Waals surface area contributed by atoms with E-state index in [1.807, 2.05) is 41.8 Å². The molecule has 132 valence electrons. The van der Waals surface area contributed by atoms with Crippen LogP contribution in [0.1, 0.15) is 11.4 Å². The molecule has 0 aliphatic heterocycles. The minimum atomic E-state index is 0.283. The van der Waals surface area contributed by atoms with Crippen LogP contribution in [0.3, 0.4) is 0 Å². The van der Waals surface area contributed by atoms with E-state index in [4.69, 9.17) is 9.47 Å². The van der Waals surface area contributed by atoms with E-state index in [1.54, 1.807) is 25.3 Å². The Morgan fingerprint density at radius 3 is 2.59 bits per heavy atom. The minimum Gasteiger partial charge on any atom is -0.437 e.